The van der Waals surface area contributed by atoms with Gasteiger partial charge in [-0.05, 0) is 53.2 Å². The van der Waals surface area contributed by atoms with E-state index in [0.29, 0.717) is 22.3 Å². The molecule has 0 bridgehead atoms. The first-order valence-corrected chi connectivity index (χ1v) is 10.6. The minimum absolute atomic E-state index is 0.0332. The van der Waals surface area contributed by atoms with Crippen LogP contribution in [0.5, 0.6) is 0 Å². The average molecular weight is 398 g/mol. The molecular formula is C23H27NO3S. The first-order chi connectivity index (χ1) is 13.1. The summed E-state index contributed by atoms with van der Waals surface area (Å²) >= 11 is -1.24. The lowest BCUT2D eigenvalue weighted by molar-refractivity contribution is 0.529. The lowest BCUT2D eigenvalue weighted by Crippen LogP contribution is -2.40. The Morgan fingerprint density at radius 3 is 2.36 bits per heavy atom. The number of fused-ring (bicyclic) bond motifs is 1. The number of benzene rings is 2. The molecule has 0 aliphatic rings. The van der Waals surface area contributed by atoms with E-state index < -0.39 is 11.4 Å². The van der Waals surface area contributed by atoms with E-state index in [2.05, 4.69) is 4.72 Å². The van der Waals surface area contributed by atoms with Gasteiger partial charge in [-0.3, -0.25) is 4.79 Å². The normalized spacial score (nSPS) is 14.2. The summed E-state index contributed by atoms with van der Waals surface area (Å²) in [5.74, 6) is 0.576. The van der Waals surface area contributed by atoms with Crippen LogP contribution < -0.4 is 10.2 Å². The second-order valence-electron chi connectivity index (χ2n) is 8.20. The molecule has 5 heteroatoms. The molecule has 148 valence electrons. The van der Waals surface area contributed by atoms with Crippen LogP contribution in [0.25, 0.3) is 22.3 Å². The molecule has 3 rings (SSSR count). The molecule has 1 aromatic heterocycles. The fourth-order valence-electron chi connectivity index (χ4n) is 3.15. The maximum atomic E-state index is 13.1. The van der Waals surface area contributed by atoms with Crippen molar-refractivity contribution in [3.05, 3.63) is 69.4 Å². The van der Waals surface area contributed by atoms with E-state index in [-0.39, 0.29) is 16.2 Å². The van der Waals surface area contributed by atoms with E-state index in [0.717, 1.165) is 16.7 Å². The number of nitrogens with one attached hydrogen (secondary N) is 1. The van der Waals surface area contributed by atoms with Crippen LogP contribution in [0.4, 0.5) is 0 Å². The van der Waals surface area contributed by atoms with Gasteiger partial charge in [0.1, 0.15) is 16.1 Å². The van der Waals surface area contributed by atoms with Crippen molar-refractivity contribution >= 4 is 22.3 Å². The summed E-state index contributed by atoms with van der Waals surface area (Å²) < 4.78 is 21.7. The van der Waals surface area contributed by atoms with Gasteiger partial charge in [-0.2, -0.15) is 0 Å². The number of rotatable bonds is 4. The second-order valence-corrected chi connectivity index (χ2v) is 10.2. The Morgan fingerprint density at radius 1 is 1.11 bits per heavy atom. The summed E-state index contributed by atoms with van der Waals surface area (Å²) in [6.07, 6.45) is 0. The van der Waals surface area contributed by atoms with Crippen molar-refractivity contribution in [2.45, 2.75) is 52.3 Å². The van der Waals surface area contributed by atoms with Gasteiger partial charge >= 0.3 is 0 Å². The summed E-state index contributed by atoms with van der Waals surface area (Å²) in [5, 5.41) is 0.558. The van der Waals surface area contributed by atoms with E-state index >= 15 is 0 Å². The first-order valence-electron chi connectivity index (χ1n) is 9.41. The summed E-state index contributed by atoms with van der Waals surface area (Å²) in [4.78, 5) is 13.1. The van der Waals surface area contributed by atoms with Gasteiger partial charge in [-0.15, -0.1) is 4.72 Å². The molecular weight excluding hydrogens is 370 g/mol. The monoisotopic (exact) mass is 397 g/mol. The summed E-state index contributed by atoms with van der Waals surface area (Å²) in [6.45, 7) is 11.5. The molecule has 0 saturated carbocycles. The number of hydrogen-bond acceptors (Lipinski definition) is 4. The van der Waals surface area contributed by atoms with E-state index in [1.54, 1.807) is 6.92 Å². The molecule has 1 heterocycles. The smallest absolute Gasteiger partial charge is 0.196 e. The standard InChI is InChI=1S/C23H27NO3S/c1-14-12-18(16(3)24-28(26)23(4,5)6)22-19(13-14)20(25)15(2)21(27-22)17-10-8-7-9-11-17/h7-13,16,24H,1-6H3/t16-,28?/m1/s1. The van der Waals surface area contributed by atoms with Crippen LogP contribution >= 0.6 is 0 Å². The molecule has 1 N–H and O–H groups in total. The molecule has 0 fully saturated rings. The molecule has 28 heavy (non-hydrogen) atoms. The van der Waals surface area contributed by atoms with Crippen LogP contribution in [-0.2, 0) is 11.4 Å². The summed E-state index contributed by atoms with van der Waals surface area (Å²) in [5.41, 5.74) is 3.78. The van der Waals surface area contributed by atoms with Gasteiger partial charge in [0.05, 0.1) is 11.4 Å². The zero-order valence-corrected chi connectivity index (χ0v) is 18.1. The minimum Gasteiger partial charge on any atom is -0.598 e. The van der Waals surface area contributed by atoms with Crippen molar-refractivity contribution in [3.8, 4) is 11.3 Å². The van der Waals surface area contributed by atoms with Crippen molar-refractivity contribution in [1.29, 1.82) is 0 Å². The maximum absolute atomic E-state index is 13.1. The van der Waals surface area contributed by atoms with Gasteiger partial charge in [-0.1, -0.05) is 36.4 Å². The minimum atomic E-state index is -1.24. The van der Waals surface area contributed by atoms with Gasteiger partial charge in [-0.25, -0.2) is 0 Å². The molecule has 0 radical (unpaired) electrons. The highest BCUT2D eigenvalue weighted by Crippen LogP contribution is 2.31. The molecule has 4 nitrogen and oxygen atoms in total. The molecule has 0 spiro atoms. The Hall–Kier alpha value is -2.08. The summed E-state index contributed by atoms with van der Waals surface area (Å²) in [6, 6.07) is 13.3. The number of aryl methyl sites for hydroxylation is 1. The molecule has 2 atom stereocenters. The van der Waals surface area contributed by atoms with Crippen LogP contribution in [0.15, 0.2) is 51.7 Å². The van der Waals surface area contributed by atoms with Crippen molar-refractivity contribution in [1.82, 2.24) is 4.72 Å². The van der Waals surface area contributed by atoms with Gasteiger partial charge in [0.15, 0.2) is 5.43 Å². The van der Waals surface area contributed by atoms with E-state index in [1.807, 2.05) is 77.1 Å². The van der Waals surface area contributed by atoms with Crippen LogP contribution in [0.3, 0.4) is 0 Å². The predicted octanol–water partition coefficient (Wildman–Crippen LogP) is 5.19. The fourth-order valence-corrected chi connectivity index (χ4v) is 3.96. The third-order valence-corrected chi connectivity index (χ3v) is 6.41. The Labute approximate surface area is 169 Å². The Kier molecular flexibility index (Phi) is 5.71. The van der Waals surface area contributed by atoms with Crippen LogP contribution in [0.1, 0.15) is 50.4 Å². The van der Waals surface area contributed by atoms with Gasteiger partial charge < -0.3 is 8.97 Å². The van der Waals surface area contributed by atoms with Crippen LogP contribution in [-0.4, -0.2) is 9.30 Å². The largest absolute Gasteiger partial charge is 0.598 e. The molecule has 0 amide bonds. The third-order valence-electron chi connectivity index (χ3n) is 4.73. The highest BCUT2D eigenvalue weighted by Gasteiger charge is 2.29. The Bertz CT molecular complexity index is 1050. The first kappa shape index (κ1) is 20.6. The highest BCUT2D eigenvalue weighted by molar-refractivity contribution is 7.90. The quantitative estimate of drug-likeness (QED) is 0.615. The number of hydrogen-bond donors (Lipinski definition) is 1. The maximum Gasteiger partial charge on any atom is 0.196 e. The van der Waals surface area contributed by atoms with Crippen molar-refractivity contribution < 1.29 is 8.97 Å². The SMILES string of the molecule is Cc1cc([C@@H](C)N[S+]([O-])C(C)(C)C)c2oc(-c3ccccc3)c(C)c(=O)c2c1. The van der Waals surface area contributed by atoms with Crippen molar-refractivity contribution in [2.75, 3.05) is 0 Å². The topological polar surface area (TPSA) is 65.3 Å². The lowest BCUT2D eigenvalue weighted by Gasteiger charge is -2.27. The van der Waals surface area contributed by atoms with Crippen LogP contribution in [0, 0.1) is 13.8 Å². The lowest BCUT2D eigenvalue weighted by atomic mass is 9.99. The van der Waals surface area contributed by atoms with Gasteiger partial charge in [0.2, 0.25) is 0 Å². The molecule has 0 saturated heterocycles. The zero-order chi connectivity index (χ0) is 20.6. The van der Waals surface area contributed by atoms with E-state index in [4.69, 9.17) is 4.42 Å². The fraction of sp³-hybridized carbons (Fsp3) is 0.348. The molecule has 2 aromatic carbocycles. The van der Waals surface area contributed by atoms with E-state index in [1.165, 1.54) is 0 Å². The molecule has 1 unspecified atom stereocenters. The molecule has 0 aliphatic carbocycles. The average Bonchev–Trinajstić information content (AvgIpc) is 2.64. The van der Waals surface area contributed by atoms with Gasteiger partial charge in [0, 0.05) is 28.1 Å². The summed E-state index contributed by atoms with van der Waals surface area (Å²) in [7, 11) is 0. The Morgan fingerprint density at radius 2 is 1.75 bits per heavy atom. The molecule has 0 aliphatic heterocycles. The van der Waals surface area contributed by atoms with Gasteiger partial charge in [0.25, 0.3) is 0 Å². The second kappa shape index (κ2) is 7.74. The molecule has 3 aromatic rings. The Balaban J connectivity index is 2.21. The van der Waals surface area contributed by atoms with Crippen molar-refractivity contribution in [2.24, 2.45) is 0 Å². The zero-order valence-electron chi connectivity index (χ0n) is 17.3. The van der Waals surface area contributed by atoms with E-state index in [9.17, 15) is 9.35 Å². The third kappa shape index (κ3) is 4.02. The highest BCUT2D eigenvalue weighted by atomic mass is 32.2. The van der Waals surface area contributed by atoms with Crippen LogP contribution in [0.2, 0.25) is 0 Å². The predicted molar refractivity (Wildman–Crippen MR) is 117 cm³/mol. The van der Waals surface area contributed by atoms with Crippen molar-refractivity contribution in [3.63, 3.8) is 0 Å².